The van der Waals surface area contributed by atoms with E-state index in [-0.39, 0.29) is 24.0 Å². The van der Waals surface area contributed by atoms with Crippen molar-refractivity contribution < 1.29 is 0 Å². The van der Waals surface area contributed by atoms with E-state index >= 15 is 0 Å². The van der Waals surface area contributed by atoms with Crippen molar-refractivity contribution in [2.24, 2.45) is 10.9 Å². The molecule has 2 fully saturated rings. The summed E-state index contributed by atoms with van der Waals surface area (Å²) in [5.74, 6) is 1.92. The molecule has 5 nitrogen and oxygen atoms in total. The molecule has 2 unspecified atom stereocenters. The summed E-state index contributed by atoms with van der Waals surface area (Å²) < 4.78 is 0. The fraction of sp³-hybridized carbons (Fsp3) is 0.952. The Kier molecular flexibility index (Phi) is 12.9. The highest BCUT2D eigenvalue weighted by Crippen LogP contribution is 2.27. The van der Waals surface area contributed by atoms with Gasteiger partial charge in [-0.25, -0.2) is 0 Å². The molecule has 0 bridgehead atoms. The van der Waals surface area contributed by atoms with Gasteiger partial charge in [-0.15, -0.1) is 24.0 Å². The standard InChI is InChI=1S/C21H43N5.HI/c1-5-25-13-15-26(16-14-25)19(3)17-23-21(22-4)24-18(2)11-12-20-9-7-6-8-10-20;/h18-20H,5-17H2,1-4H3,(H2,22,23,24);1H. The largest absolute Gasteiger partial charge is 0.355 e. The predicted octanol–water partition coefficient (Wildman–Crippen LogP) is 3.54. The van der Waals surface area contributed by atoms with Crippen LogP contribution < -0.4 is 10.6 Å². The van der Waals surface area contributed by atoms with Crippen LogP contribution in [0.2, 0.25) is 0 Å². The summed E-state index contributed by atoms with van der Waals surface area (Å²) in [5.41, 5.74) is 0. The van der Waals surface area contributed by atoms with E-state index in [0.29, 0.717) is 12.1 Å². The molecule has 1 aliphatic carbocycles. The van der Waals surface area contributed by atoms with Crippen LogP contribution in [0.3, 0.4) is 0 Å². The molecule has 0 spiro atoms. The number of rotatable bonds is 8. The molecule has 160 valence electrons. The van der Waals surface area contributed by atoms with Gasteiger partial charge in [0.1, 0.15) is 0 Å². The number of hydrogen-bond donors (Lipinski definition) is 2. The first-order chi connectivity index (χ1) is 12.6. The Morgan fingerprint density at radius 1 is 1.07 bits per heavy atom. The van der Waals surface area contributed by atoms with Gasteiger partial charge in [-0.05, 0) is 39.2 Å². The van der Waals surface area contributed by atoms with Crippen LogP contribution in [0.1, 0.15) is 65.7 Å². The number of likely N-dealkylation sites (N-methyl/N-ethyl adjacent to an activating group) is 1. The summed E-state index contributed by atoms with van der Waals surface area (Å²) in [6, 6.07) is 1.04. The van der Waals surface area contributed by atoms with E-state index in [9.17, 15) is 0 Å². The fourth-order valence-electron chi connectivity index (χ4n) is 4.36. The molecule has 1 saturated carbocycles. The van der Waals surface area contributed by atoms with Crippen molar-refractivity contribution in [3.63, 3.8) is 0 Å². The first kappa shape index (κ1) is 25.0. The van der Waals surface area contributed by atoms with Crippen LogP contribution >= 0.6 is 24.0 Å². The van der Waals surface area contributed by atoms with Gasteiger partial charge < -0.3 is 15.5 Å². The number of nitrogens with zero attached hydrogens (tertiary/aromatic N) is 3. The Bertz CT molecular complexity index is 403. The first-order valence-electron chi connectivity index (χ1n) is 11.1. The zero-order valence-corrected chi connectivity index (χ0v) is 20.5. The summed E-state index contributed by atoms with van der Waals surface area (Å²) in [6.45, 7) is 13.8. The maximum absolute atomic E-state index is 4.43. The van der Waals surface area contributed by atoms with Gasteiger partial charge in [-0.1, -0.05) is 39.0 Å². The molecule has 27 heavy (non-hydrogen) atoms. The molecule has 2 rings (SSSR count). The number of guanidine groups is 1. The summed E-state index contributed by atoms with van der Waals surface area (Å²) in [7, 11) is 1.88. The Balaban J connectivity index is 0.00000364. The highest BCUT2D eigenvalue weighted by atomic mass is 127. The Morgan fingerprint density at radius 3 is 2.33 bits per heavy atom. The molecule has 2 atom stereocenters. The quantitative estimate of drug-likeness (QED) is 0.309. The Labute approximate surface area is 185 Å². The molecular formula is C21H44IN5. The number of piperazine rings is 1. The van der Waals surface area contributed by atoms with Crippen LogP contribution in [-0.4, -0.2) is 74.2 Å². The van der Waals surface area contributed by atoms with Crippen molar-refractivity contribution in [1.82, 2.24) is 20.4 Å². The van der Waals surface area contributed by atoms with E-state index in [1.54, 1.807) is 0 Å². The molecule has 1 heterocycles. The van der Waals surface area contributed by atoms with Crippen molar-refractivity contribution in [3.05, 3.63) is 0 Å². The van der Waals surface area contributed by atoms with Gasteiger partial charge in [0.05, 0.1) is 0 Å². The van der Waals surface area contributed by atoms with Gasteiger partial charge in [0.15, 0.2) is 5.96 Å². The highest BCUT2D eigenvalue weighted by molar-refractivity contribution is 14.0. The molecule has 1 saturated heterocycles. The zero-order chi connectivity index (χ0) is 18.8. The second-order valence-corrected chi connectivity index (χ2v) is 8.40. The molecule has 0 amide bonds. The third-order valence-electron chi connectivity index (χ3n) is 6.38. The number of nitrogens with one attached hydrogen (secondary N) is 2. The van der Waals surface area contributed by atoms with Gasteiger partial charge in [0.2, 0.25) is 0 Å². The van der Waals surface area contributed by atoms with E-state index in [0.717, 1.165) is 18.4 Å². The molecular weight excluding hydrogens is 449 g/mol. The van der Waals surface area contributed by atoms with Gasteiger partial charge in [0.25, 0.3) is 0 Å². The van der Waals surface area contributed by atoms with Crippen molar-refractivity contribution >= 4 is 29.9 Å². The van der Waals surface area contributed by atoms with Crippen LogP contribution in [0, 0.1) is 5.92 Å². The topological polar surface area (TPSA) is 42.9 Å². The van der Waals surface area contributed by atoms with Gasteiger partial charge >= 0.3 is 0 Å². The second kappa shape index (κ2) is 14.0. The molecule has 0 aromatic rings. The zero-order valence-electron chi connectivity index (χ0n) is 18.2. The fourth-order valence-corrected chi connectivity index (χ4v) is 4.36. The first-order valence-corrected chi connectivity index (χ1v) is 11.1. The van der Waals surface area contributed by atoms with E-state index in [2.05, 4.69) is 46.2 Å². The minimum absolute atomic E-state index is 0. The molecule has 0 aromatic carbocycles. The van der Waals surface area contributed by atoms with Crippen molar-refractivity contribution in [1.29, 1.82) is 0 Å². The summed E-state index contributed by atoms with van der Waals surface area (Å²) in [6.07, 6.45) is 9.85. The smallest absolute Gasteiger partial charge is 0.191 e. The minimum Gasteiger partial charge on any atom is -0.355 e. The lowest BCUT2D eigenvalue weighted by Gasteiger charge is -2.37. The summed E-state index contributed by atoms with van der Waals surface area (Å²) >= 11 is 0. The third kappa shape index (κ3) is 9.31. The lowest BCUT2D eigenvalue weighted by molar-refractivity contribution is 0.107. The van der Waals surface area contributed by atoms with Crippen LogP contribution in [0.15, 0.2) is 4.99 Å². The summed E-state index contributed by atoms with van der Waals surface area (Å²) in [4.78, 5) is 9.56. The molecule has 0 aromatic heterocycles. The normalized spacial score (nSPS) is 22.7. The van der Waals surface area contributed by atoms with Crippen molar-refractivity contribution in [3.8, 4) is 0 Å². The average molecular weight is 494 g/mol. The summed E-state index contributed by atoms with van der Waals surface area (Å²) in [5, 5.41) is 7.14. The predicted molar refractivity (Wildman–Crippen MR) is 128 cm³/mol. The van der Waals surface area contributed by atoms with Crippen molar-refractivity contribution in [2.75, 3.05) is 46.3 Å². The van der Waals surface area contributed by atoms with E-state index in [1.807, 2.05) is 7.05 Å². The van der Waals surface area contributed by atoms with E-state index < -0.39 is 0 Å². The SMILES string of the molecule is CCN1CCN(C(C)CNC(=NC)NC(C)CCC2CCCCC2)CC1.I. The number of halogens is 1. The number of hydrogen-bond acceptors (Lipinski definition) is 3. The minimum atomic E-state index is 0. The number of aliphatic imine (C=N–C) groups is 1. The monoisotopic (exact) mass is 493 g/mol. The van der Waals surface area contributed by atoms with Crippen LogP contribution in [-0.2, 0) is 0 Å². The molecule has 0 radical (unpaired) electrons. The van der Waals surface area contributed by atoms with Gasteiger partial charge in [-0.3, -0.25) is 9.89 Å². The van der Waals surface area contributed by atoms with Gasteiger partial charge in [-0.2, -0.15) is 0 Å². The van der Waals surface area contributed by atoms with E-state index in [4.69, 9.17) is 0 Å². The molecule has 1 aliphatic heterocycles. The maximum atomic E-state index is 4.43. The molecule has 2 N–H and O–H groups in total. The molecule has 2 aliphatic rings. The lowest BCUT2D eigenvalue weighted by Crippen LogP contribution is -2.53. The average Bonchev–Trinajstić information content (AvgIpc) is 2.70. The lowest BCUT2D eigenvalue weighted by atomic mass is 9.85. The Hall–Kier alpha value is -0.0800. The highest BCUT2D eigenvalue weighted by Gasteiger charge is 2.20. The van der Waals surface area contributed by atoms with Gasteiger partial charge in [0, 0.05) is 51.9 Å². The van der Waals surface area contributed by atoms with Crippen molar-refractivity contribution in [2.45, 2.75) is 77.8 Å². The van der Waals surface area contributed by atoms with Crippen LogP contribution in [0.25, 0.3) is 0 Å². The Morgan fingerprint density at radius 2 is 1.74 bits per heavy atom. The van der Waals surface area contributed by atoms with Crippen LogP contribution in [0.4, 0.5) is 0 Å². The third-order valence-corrected chi connectivity index (χ3v) is 6.38. The van der Waals surface area contributed by atoms with E-state index in [1.165, 1.54) is 77.7 Å². The second-order valence-electron chi connectivity index (χ2n) is 8.40. The van der Waals surface area contributed by atoms with Crippen LogP contribution in [0.5, 0.6) is 0 Å². The molecule has 6 heteroatoms. The maximum Gasteiger partial charge on any atom is 0.191 e.